The first-order chi connectivity index (χ1) is 12.1. The zero-order chi connectivity index (χ0) is 19.0. The first kappa shape index (κ1) is 18.7. The number of aliphatic hydroxyl groups is 2. The smallest absolute Gasteiger partial charge is 0.302 e. The highest BCUT2D eigenvalue weighted by Gasteiger charge is 2.68. The van der Waals surface area contributed by atoms with Crippen LogP contribution in [-0.4, -0.2) is 34.5 Å². The van der Waals surface area contributed by atoms with E-state index in [1.54, 1.807) is 0 Å². The predicted octanol–water partition coefficient (Wildman–Crippen LogP) is 3.68. The van der Waals surface area contributed by atoms with Crippen LogP contribution in [0.2, 0.25) is 0 Å². The van der Waals surface area contributed by atoms with E-state index in [2.05, 4.69) is 20.8 Å². The lowest BCUT2D eigenvalue weighted by atomic mass is 9.41. The van der Waals surface area contributed by atoms with E-state index in [0.29, 0.717) is 11.8 Å². The fourth-order valence-corrected chi connectivity index (χ4v) is 8.42. The van der Waals surface area contributed by atoms with Crippen LogP contribution in [0.25, 0.3) is 0 Å². The molecule has 0 aromatic rings. The van der Waals surface area contributed by atoms with Crippen LogP contribution in [0.3, 0.4) is 0 Å². The Labute approximate surface area is 157 Å². The molecule has 1 spiro atoms. The fourth-order valence-electron chi connectivity index (χ4n) is 8.42. The number of hydrogen-bond donors (Lipinski definition) is 2. The minimum Gasteiger partial charge on any atom is -0.462 e. The van der Waals surface area contributed by atoms with E-state index < -0.39 is 5.60 Å². The van der Waals surface area contributed by atoms with Crippen LogP contribution >= 0.6 is 0 Å². The Hall–Kier alpha value is -0.610. The summed E-state index contributed by atoms with van der Waals surface area (Å²) in [5.41, 5.74) is -0.425. The molecule has 2 bridgehead atoms. The molecule has 0 saturated heterocycles. The van der Waals surface area contributed by atoms with E-state index in [9.17, 15) is 15.0 Å². The molecule has 4 nitrogen and oxygen atoms in total. The van der Waals surface area contributed by atoms with Crippen molar-refractivity contribution in [2.75, 3.05) is 6.61 Å². The third-order valence-electron chi connectivity index (χ3n) is 9.39. The Bertz CT molecular complexity index is 601. The number of ether oxygens (including phenoxy) is 1. The minimum atomic E-state index is -0.859. The highest BCUT2D eigenvalue weighted by atomic mass is 16.5. The van der Waals surface area contributed by atoms with Gasteiger partial charge in [-0.2, -0.15) is 0 Å². The van der Waals surface area contributed by atoms with Crippen molar-refractivity contribution >= 4 is 5.97 Å². The molecule has 0 aromatic heterocycles. The van der Waals surface area contributed by atoms with Crippen molar-refractivity contribution in [3.05, 3.63) is 0 Å². The van der Waals surface area contributed by atoms with Crippen molar-refractivity contribution in [2.24, 2.45) is 34.0 Å². The zero-order valence-electron chi connectivity index (χ0n) is 16.9. The van der Waals surface area contributed by atoms with Gasteiger partial charge in [0.2, 0.25) is 0 Å². The number of esters is 1. The lowest BCUT2D eigenvalue weighted by Crippen LogP contribution is -2.59. The van der Waals surface area contributed by atoms with Gasteiger partial charge in [-0.05, 0) is 80.0 Å². The molecule has 4 fully saturated rings. The summed E-state index contributed by atoms with van der Waals surface area (Å²) >= 11 is 0. The Morgan fingerprint density at radius 3 is 2.46 bits per heavy atom. The van der Waals surface area contributed by atoms with E-state index in [-0.39, 0.29) is 40.8 Å². The summed E-state index contributed by atoms with van der Waals surface area (Å²) in [5.74, 6) is 1.27. The SMILES string of the molecule is CC(=O)OC1CCC2(C)C3CCC4CC3(CCC2C1(C)C)CC4(O)CO. The van der Waals surface area contributed by atoms with E-state index >= 15 is 0 Å². The quantitative estimate of drug-likeness (QED) is 0.734. The third kappa shape index (κ3) is 2.37. The van der Waals surface area contributed by atoms with Crippen LogP contribution in [0.5, 0.6) is 0 Å². The van der Waals surface area contributed by atoms with Gasteiger partial charge in [-0.1, -0.05) is 20.8 Å². The molecule has 4 heteroatoms. The number of fused-ring (bicyclic) bond motifs is 3. The fraction of sp³-hybridized carbons (Fsp3) is 0.955. The van der Waals surface area contributed by atoms with Crippen LogP contribution in [0.1, 0.15) is 79.1 Å². The molecule has 0 amide bonds. The molecule has 4 saturated carbocycles. The Morgan fingerprint density at radius 1 is 1.08 bits per heavy atom. The second-order valence-corrected chi connectivity index (χ2v) is 10.9. The van der Waals surface area contributed by atoms with Crippen molar-refractivity contribution in [3.63, 3.8) is 0 Å². The van der Waals surface area contributed by atoms with Gasteiger partial charge >= 0.3 is 5.97 Å². The lowest BCUT2D eigenvalue weighted by Gasteiger charge is -2.65. The molecule has 26 heavy (non-hydrogen) atoms. The van der Waals surface area contributed by atoms with Gasteiger partial charge in [-0.3, -0.25) is 4.79 Å². The number of rotatable bonds is 2. The molecule has 0 aliphatic heterocycles. The summed E-state index contributed by atoms with van der Waals surface area (Å²) in [4.78, 5) is 11.6. The molecule has 4 aliphatic carbocycles. The number of aliphatic hydroxyl groups excluding tert-OH is 1. The van der Waals surface area contributed by atoms with Crippen LogP contribution in [0, 0.1) is 34.0 Å². The maximum atomic E-state index is 11.6. The van der Waals surface area contributed by atoms with Gasteiger partial charge < -0.3 is 14.9 Å². The van der Waals surface area contributed by atoms with Gasteiger partial charge in [0, 0.05) is 12.3 Å². The molecule has 4 aliphatic rings. The van der Waals surface area contributed by atoms with E-state index in [4.69, 9.17) is 4.74 Å². The normalized spacial score (nSPS) is 52.1. The number of carbonyl (C=O) groups excluding carboxylic acids is 1. The summed E-state index contributed by atoms with van der Waals surface area (Å²) < 4.78 is 5.73. The maximum Gasteiger partial charge on any atom is 0.302 e. The van der Waals surface area contributed by atoms with Gasteiger partial charge in [0.1, 0.15) is 6.10 Å². The number of carbonyl (C=O) groups is 1. The topological polar surface area (TPSA) is 66.8 Å². The van der Waals surface area contributed by atoms with Crippen molar-refractivity contribution in [1.82, 2.24) is 0 Å². The van der Waals surface area contributed by atoms with Crippen LogP contribution < -0.4 is 0 Å². The second kappa shape index (κ2) is 5.70. The molecule has 0 heterocycles. The molecule has 7 unspecified atom stereocenters. The molecule has 148 valence electrons. The van der Waals surface area contributed by atoms with E-state index in [0.717, 1.165) is 44.9 Å². The molecule has 4 rings (SSSR count). The molecule has 0 radical (unpaired) electrons. The Balaban J connectivity index is 1.66. The van der Waals surface area contributed by atoms with Crippen molar-refractivity contribution in [1.29, 1.82) is 0 Å². The van der Waals surface area contributed by atoms with E-state index in [1.165, 1.54) is 13.3 Å². The largest absolute Gasteiger partial charge is 0.462 e. The highest BCUT2D eigenvalue weighted by molar-refractivity contribution is 5.66. The van der Waals surface area contributed by atoms with Gasteiger partial charge in [0.15, 0.2) is 0 Å². The molecule has 2 N–H and O–H groups in total. The zero-order valence-corrected chi connectivity index (χ0v) is 16.9. The van der Waals surface area contributed by atoms with Gasteiger partial charge in [-0.25, -0.2) is 0 Å². The first-order valence-electron chi connectivity index (χ1n) is 10.6. The Morgan fingerprint density at radius 2 is 1.81 bits per heavy atom. The van der Waals surface area contributed by atoms with Crippen LogP contribution in [0.15, 0.2) is 0 Å². The molecular weight excluding hydrogens is 328 g/mol. The molecular formula is C22H36O4. The number of hydrogen-bond acceptors (Lipinski definition) is 4. The van der Waals surface area contributed by atoms with Crippen molar-refractivity contribution < 1.29 is 19.7 Å². The lowest BCUT2D eigenvalue weighted by molar-refractivity contribution is -0.197. The first-order valence-corrected chi connectivity index (χ1v) is 10.6. The summed E-state index contributed by atoms with van der Waals surface area (Å²) in [7, 11) is 0. The summed E-state index contributed by atoms with van der Waals surface area (Å²) in [5, 5.41) is 20.9. The second-order valence-electron chi connectivity index (χ2n) is 10.9. The average Bonchev–Trinajstić information content (AvgIpc) is 2.76. The monoisotopic (exact) mass is 364 g/mol. The van der Waals surface area contributed by atoms with Crippen LogP contribution in [-0.2, 0) is 9.53 Å². The van der Waals surface area contributed by atoms with Gasteiger partial charge in [-0.15, -0.1) is 0 Å². The highest BCUT2D eigenvalue weighted by Crippen LogP contribution is 2.72. The van der Waals surface area contributed by atoms with Gasteiger partial charge in [0.05, 0.1) is 12.2 Å². The van der Waals surface area contributed by atoms with Gasteiger partial charge in [0.25, 0.3) is 0 Å². The third-order valence-corrected chi connectivity index (χ3v) is 9.39. The summed E-state index contributed by atoms with van der Waals surface area (Å²) in [6.07, 6.45) is 8.44. The minimum absolute atomic E-state index is 0.0109. The standard InChI is InChI=1S/C22H36O4/c1-14(24)26-18-8-9-20(4)16(19(18,2)3)7-10-21-11-15(5-6-17(20)21)22(25,12-21)13-23/h15-18,23,25H,5-13H2,1-4H3. The maximum absolute atomic E-state index is 11.6. The molecule has 0 aromatic carbocycles. The Kier molecular flexibility index (Phi) is 4.11. The average molecular weight is 365 g/mol. The van der Waals surface area contributed by atoms with Crippen molar-refractivity contribution in [3.8, 4) is 0 Å². The summed E-state index contributed by atoms with van der Waals surface area (Å²) in [6, 6.07) is 0. The van der Waals surface area contributed by atoms with Crippen LogP contribution in [0.4, 0.5) is 0 Å². The summed E-state index contributed by atoms with van der Waals surface area (Å²) in [6.45, 7) is 8.50. The van der Waals surface area contributed by atoms with E-state index in [1.807, 2.05) is 0 Å². The molecule has 7 atom stereocenters. The predicted molar refractivity (Wildman–Crippen MR) is 99.3 cm³/mol. The van der Waals surface area contributed by atoms with Crippen molar-refractivity contribution in [2.45, 2.75) is 90.8 Å².